The van der Waals surface area contributed by atoms with Crippen LogP contribution in [0.3, 0.4) is 0 Å². The second kappa shape index (κ2) is 10.5. The summed E-state index contributed by atoms with van der Waals surface area (Å²) in [6.45, 7) is 8.64. The summed E-state index contributed by atoms with van der Waals surface area (Å²) < 4.78 is 16.5. The number of esters is 1. The fraction of sp³-hybridized carbons (Fsp3) is 0.857. The molecule has 0 aromatic carbocycles. The second-order valence-electron chi connectivity index (χ2n) is 12.9. The molecule has 5 N–H and O–H groups in total. The highest BCUT2D eigenvalue weighted by atomic mass is 16.7. The fourth-order valence-electron chi connectivity index (χ4n) is 7.90. The number of ketones is 1. The number of rotatable bonds is 6. The normalized spacial score (nSPS) is 46.4. The molecule has 0 bridgehead atoms. The van der Waals surface area contributed by atoms with Crippen molar-refractivity contribution in [3.63, 3.8) is 0 Å². The molecule has 1 saturated heterocycles. The molecule has 2 saturated carbocycles. The van der Waals surface area contributed by atoms with Crippen molar-refractivity contribution in [2.45, 2.75) is 110 Å². The monoisotopic (exact) mass is 540 g/mol. The molecule has 4 aliphatic rings. The summed E-state index contributed by atoms with van der Waals surface area (Å²) in [5, 5.41) is 50.6. The van der Waals surface area contributed by atoms with Crippen molar-refractivity contribution < 1.29 is 49.3 Å². The molecule has 10 nitrogen and oxygen atoms in total. The molecule has 10 heteroatoms. The third-order valence-corrected chi connectivity index (χ3v) is 10.1. The van der Waals surface area contributed by atoms with E-state index in [4.69, 9.17) is 14.2 Å². The van der Waals surface area contributed by atoms with E-state index >= 15 is 0 Å². The van der Waals surface area contributed by atoms with Gasteiger partial charge in [-0.05, 0) is 61.7 Å². The second-order valence-corrected chi connectivity index (χ2v) is 12.9. The van der Waals surface area contributed by atoms with Gasteiger partial charge in [-0.2, -0.15) is 0 Å². The lowest BCUT2D eigenvalue weighted by molar-refractivity contribution is -0.299. The molecule has 0 spiro atoms. The molecule has 38 heavy (non-hydrogen) atoms. The molecule has 3 fully saturated rings. The van der Waals surface area contributed by atoms with Gasteiger partial charge in [0.05, 0.1) is 12.7 Å². The topological polar surface area (TPSA) is 163 Å². The van der Waals surface area contributed by atoms with Crippen LogP contribution in [0.4, 0.5) is 0 Å². The summed E-state index contributed by atoms with van der Waals surface area (Å²) in [6, 6.07) is 0. The Hall–Kier alpha value is -1.40. The van der Waals surface area contributed by atoms with Crippen LogP contribution in [-0.2, 0) is 23.8 Å². The van der Waals surface area contributed by atoms with Crippen LogP contribution >= 0.6 is 0 Å². The Bertz CT molecular complexity index is 946. The summed E-state index contributed by atoms with van der Waals surface area (Å²) in [6.07, 6.45) is -2.77. The number of hydrogen-bond donors (Lipinski definition) is 5. The summed E-state index contributed by atoms with van der Waals surface area (Å²) in [5.41, 5.74) is -0.228. The van der Waals surface area contributed by atoms with Crippen LogP contribution in [0.25, 0.3) is 0 Å². The number of allylic oxidation sites excluding steroid dienone is 2. The summed E-state index contributed by atoms with van der Waals surface area (Å²) in [5.74, 6) is -0.170. The van der Waals surface area contributed by atoms with Crippen LogP contribution in [0.2, 0.25) is 0 Å². The van der Waals surface area contributed by atoms with Gasteiger partial charge in [-0.3, -0.25) is 9.59 Å². The minimum Gasteiger partial charge on any atom is -0.460 e. The largest absolute Gasteiger partial charge is 0.460 e. The summed E-state index contributed by atoms with van der Waals surface area (Å²) in [7, 11) is 0. The number of carbonyl (C=O) groups excluding carboxylic acids is 2. The molecule has 0 aromatic heterocycles. The first-order valence-corrected chi connectivity index (χ1v) is 13.7. The van der Waals surface area contributed by atoms with Gasteiger partial charge < -0.3 is 39.7 Å². The van der Waals surface area contributed by atoms with Crippen molar-refractivity contribution in [2.24, 2.45) is 28.1 Å². The number of carbonyl (C=O) groups is 2. The average molecular weight is 541 g/mol. The Morgan fingerprint density at radius 2 is 1.74 bits per heavy atom. The maximum absolute atomic E-state index is 13.4. The van der Waals surface area contributed by atoms with Crippen LogP contribution in [0.5, 0.6) is 0 Å². The number of aliphatic hydroxyl groups is 5. The van der Waals surface area contributed by atoms with Crippen molar-refractivity contribution in [3.05, 3.63) is 11.6 Å². The van der Waals surface area contributed by atoms with Gasteiger partial charge in [0.15, 0.2) is 12.1 Å². The minimum absolute atomic E-state index is 0.190. The van der Waals surface area contributed by atoms with E-state index in [1.165, 1.54) is 12.5 Å². The van der Waals surface area contributed by atoms with E-state index in [2.05, 4.69) is 26.8 Å². The van der Waals surface area contributed by atoms with E-state index in [0.29, 0.717) is 12.8 Å². The molecule has 0 amide bonds. The van der Waals surface area contributed by atoms with Crippen molar-refractivity contribution in [2.75, 3.05) is 13.2 Å². The molecule has 11 atom stereocenters. The number of aliphatic hydroxyl groups excluding tert-OH is 5. The molecule has 3 aliphatic carbocycles. The lowest BCUT2D eigenvalue weighted by Crippen LogP contribution is -2.61. The maximum Gasteiger partial charge on any atom is 0.302 e. The third-order valence-electron chi connectivity index (χ3n) is 10.1. The summed E-state index contributed by atoms with van der Waals surface area (Å²) in [4.78, 5) is 25.1. The molecule has 0 aromatic rings. The standard InChI is InChI=1S/C28H44O10/c1-14(30)37-17-11-28(5)16-8-9-27(4,10-15(16)6-7-19(28)26(2,3)24(17)35)20(31)13-36-25-23(34)22(33)21(32)18(12-29)38-25/h10,16-19,21-25,29,32-35H,6-9,11-13H2,1-5H3. The smallest absolute Gasteiger partial charge is 0.302 e. The first kappa shape index (κ1) is 29.6. The highest BCUT2D eigenvalue weighted by Gasteiger charge is 2.61. The predicted molar refractivity (Wildman–Crippen MR) is 134 cm³/mol. The minimum atomic E-state index is -1.57. The SMILES string of the molecule is CC(=O)OC1CC2(C)C3CCC(C)(C(=O)COC4OC(CO)C(O)C(O)C4O)C=C3CCC2C(C)(C)C1O. The van der Waals surface area contributed by atoms with Gasteiger partial charge in [0.1, 0.15) is 37.1 Å². The van der Waals surface area contributed by atoms with Crippen LogP contribution in [-0.4, -0.2) is 93.4 Å². The lowest BCUT2D eigenvalue weighted by atomic mass is 9.44. The van der Waals surface area contributed by atoms with E-state index in [1.807, 2.05) is 6.92 Å². The third kappa shape index (κ3) is 4.98. The number of Topliss-reactive ketones (excluding diaryl/α,β-unsaturated/α-hetero) is 1. The number of fused-ring (bicyclic) bond motifs is 3. The van der Waals surface area contributed by atoms with Crippen LogP contribution in [0.15, 0.2) is 11.6 Å². The highest BCUT2D eigenvalue weighted by Crippen LogP contribution is 2.64. The van der Waals surface area contributed by atoms with Crippen LogP contribution < -0.4 is 0 Å². The first-order chi connectivity index (χ1) is 17.7. The Labute approximate surface area is 224 Å². The molecular weight excluding hydrogens is 496 g/mol. The Morgan fingerprint density at radius 1 is 1.05 bits per heavy atom. The van der Waals surface area contributed by atoms with E-state index in [1.54, 1.807) is 0 Å². The van der Waals surface area contributed by atoms with Crippen LogP contribution in [0.1, 0.15) is 66.7 Å². The number of ether oxygens (including phenoxy) is 3. The predicted octanol–water partition coefficient (Wildman–Crippen LogP) is 0.854. The molecule has 11 unspecified atom stereocenters. The van der Waals surface area contributed by atoms with E-state index in [0.717, 1.165) is 19.3 Å². The zero-order chi connectivity index (χ0) is 28.2. The molecular formula is C28H44O10. The average Bonchev–Trinajstić information content (AvgIpc) is 2.84. The van der Waals surface area contributed by atoms with Crippen molar-refractivity contribution in [1.29, 1.82) is 0 Å². The zero-order valence-electron chi connectivity index (χ0n) is 23.0. The van der Waals surface area contributed by atoms with Gasteiger partial charge in [0.25, 0.3) is 0 Å². The van der Waals surface area contributed by atoms with Gasteiger partial charge >= 0.3 is 5.97 Å². The molecule has 4 rings (SSSR count). The first-order valence-electron chi connectivity index (χ1n) is 13.7. The van der Waals surface area contributed by atoms with Gasteiger partial charge in [0, 0.05) is 12.3 Å². The Kier molecular flexibility index (Phi) is 8.20. The van der Waals surface area contributed by atoms with Gasteiger partial charge in [-0.1, -0.05) is 32.4 Å². The van der Waals surface area contributed by atoms with Gasteiger partial charge in [-0.25, -0.2) is 0 Å². The Balaban J connectivity index is 1.49. The molecule has 1 heterocycles. The van der Waals surface area contributed by atoms with E-state index < -0.39 is 66.3 Å². The van der Waals surface area contributed by atoms with Crippen molar-refractivity contribution in [3.8, 4) is 0 Å². The maximum atomic E-state index is 13.4. The van der Waals surface area contributed by atoms with E-state index in [9.17, 15) is 35.1 Å². The van der Waals surface area contributed by atoms with Crippen molar-refractivity contribution in [1.82, 2.24) is 0 Å². The molecule has 1 aliphatic heterocycles. The van der Waals surface area contributed by atoms with Gasteiger partial charge in [-0.15, -0.1) is 0 Å². The summed E-state index contributed by atoms with van der Waals surface area (Å²) >= 11 is 0. The zero-order valence-corrected chi connectivity index (χ0v) is 23.0. The number of hydrogen-bond acceptors (Lipinski definition) is 10. The van der Waals surface area contributed by atoms with Gasteiger partial charge in [0.2, 0.25) is 0 Å². The molecule has 216 valence electrons. The fourth-order valence-corrected chi connectivity index (χ4v) is 7.90. The Morgan fingerprint density at radius 3 is 2.37 bits per heavy atom. The molecule has 0 radical (unpaired) electrons. The van der Waals surface area contributed by atoms with Crippen molar-refractivity contribution >= 4 is 11.8 Å². The quantitative estimate of drug-likeness (QED) is 0.241. The van der Waals surface area contributed by atoms with E-state index in [-0.39, 0.29) is 29.6 Å². The van der Waals surface area contributed by atoms with Crippen LogP contribution in [0, 0.1) is 28.1 Å². The highest BCUT2D eigenvalue weighted by molar-refractivity contribution is 5.87. The lowest BCUT2D eigenvalue weighted by Gasteiger charge is -2.62.